The van der Waals surface area contributed by atoms with Gasteiger partial charge in [0, 0.05) is 4.88 Å². The number of nitrogens with two attached hydrogens (primary N) is 1. The number of thiophene rings is 1. The largest absolute Gasteiger partial charge is 0.436 e. The molecule has 4 heteroatoms. The molecule has 0 aliphatic heterocycles. The average Bonchev–Trinajstić information content (AvgIpc) is 3.00. The van der Waals surface area contributed by atoms with Gasteiger partial charge in [-0.3, -0.25) is 0 Å². The molecule has 2 aromatic heterocycles. The first-order chi connectivity index (χ1) is 8.83. The zero-order chi connectivity index (χ0) is 12.1. The minimum absolute atomic E-state index is 0.674. The molecule has 90 valence electrons. The summed E-state index contributed by atoms with van der Waals surface area (Å²) in [6.45, 7) is 0. The smallest absolute Gasteiger partial charge is 0.230 e. The van der Waals surface area contributed by atoms with Crippen molar-refractivity contribution in [3.05, 3.63) is 34.7 Å². The molecule has 1 aliphatic rings. The maximum Gasteiger partial charge on any atom is 0.230 e. The lowest BCUT2D eigenvalue weighted by Crippen LogP contribution is -1.88. The molecular weight excluding hydrogens is 244 g/mol. The summed E-state index contributed by atoms with van der Waals surface area (Å²) in [5, 5.41) is 0.839. The van der Waals surface area contributed by atoms with Crippen molar-refractivity contribution in [3.63, 3.8) is 0 Å². The molecule has 4 rings (SSSR count). The third kappa shape index (κ3) is 1.32. The summed E-state index contributed by atoms with van der Waals surface area (Å²) in [7, 11) is 0. The quantitative estimate of drug-likeness (QED) is 0.723. The van der Waals surface area contributed by atoms with Crippen LogP contribution in [0.25, 0.3) is 22.6 Å². The van der Waals surface area contributed by atoms with Gasteiger partial charge in [0.05, 0.1) is 10.6 Å². The highest BCUT2D eigenvalue weighted by atomic mass is 32.1. The third-order valence-electron chi connectivity index (χ3n) is 3.46. The maximum atomic E-state index is 6.12. The van der Waals surface area contributed by atoms with Gasteiger partial charge in [0.15, 0.2) is 5.58 Å². The Kier molecular flexibility index (Phi) is 2.02. The van der Waals surface area contributed by atoms with Gasteiger partial charge in [-0.05, 0) is 37.0 Å². The van der Waals surface area contributed by atoms with E-state index in [2.05, 4.69) is 4.98 Å². The lowest BCUT2D eigenvalue weighted by molar-refractivity contribution is 0.619. The molecule has 2 N–H and O–H groups in total. The number of para-hydroxylation sites is 2. The Labute approximate surface area is 108 Å². The predicted octanol–water partition coefficient (Wildman–Crippen LogP) is 3.63. The van der Waals surface area contributed by atoms with Gasteiger partial charge in [0.25, 0.3) is 0 Å². The Bertz CT molecular complexity index is 708. The number of anilines is 1. The molecule has 2 heterocycles. The number of fused-ring (bicyclic) bond motifs is 2. The van der Waals surface area contributed by atoms with Crippen LogP contribution in [0.15, 0.2) is 28.7 Å². The Morgan fingerprint density at radius 3 is 3.00 bits per heavy atom. The topological polar surface area (TPSA) is 52.0 Å². The lowest BCUT2D eigenvalue weighted by atomic mass is 10.1. The number of nitrogens with zero attached hydrogens (tertiary/aromatic N) is 1. The van der Waals surface area contributed by atoms with Crippen LogP contribution in [0, 0.1) is 0 Å². The van der Waals surface area contributed by atoms with E-state index in [1.807, 2.05) is 24.3 Å². The summed E-state index contributed by atoms with van der Waals surface area (Å²) in [5.74, 6) is 0.674. The fraction of sp³-hybridized carbons (Fsp3) is 0.214. The molecule has 0 spiro atoms. The first-order valence-electron chi connectivity index (χ1n) is 6.09. The Hall–Kier alpha value is -1.81. The van der Waals surface area contributed by atoms with E-state index in [0.717, 1.165) is 34.5 Å². The van der Waals surface area contributed by atoms with Crippen molar-refractivity contribution in [2.24, 2.45) is 0 Å². The molecule has 3 aromatic rings. The standard InChI is InChI=1S/C14H12N2OS/c15-13-12(8-4-3-7-11(8)18-13)14-16-9-5-1-2-6-10(9)17-14/h1-2,5-6H,3-4,7,15H2. The van der Waals surface area contributed by atoms with Crippen molar-refractivity contribution in [1.29, 1.82) is 0 Å². The molecule has 1 aromatic carbocycles. The molecule has 0 saturated carbocycles. The third-order valence-corrected chi connectivity index (χ3v) is 4.58. The highest BCUT2D eigenvalue weighted by Gasteiger charge is 2.24. The van der Waals surface area contributed by atoms with Crippen LogP contribution in [-0.2, 0) is 12.8 Å². The lowest BCUT2D eigenvalue weighted by Gasteiger charge is -1.97. The number of hydrogen-bond acceptors (Lipinski definition) is 4. The molecule has 0 fully saturated rings. The summed E-state index contributed by atoms with van der Waals surface area (Å²) in [6.07, 6.45) is 3.45. The first-order valence-corrected chi connectivity index (χ1v) is 6.90. The van der Waals surface area contributed by atoms with Crippen molar-refractivity contribution in [2.45, 2.75) is 19.3 Å². The van der Waals surface area contributed by atoms with E-state index in [-0.39, 0.29) is 0 Å². The molecule has 0 atom stereocenters. The summed E-state index contributed by atoms with van der Waals surface area (Å²) in [4.78, 5) is 5.96. The summed E-state index contributed by atoms with van der Waals surface area (Å²) < 4.78 is 5.83. The Morgan fingerprint density at radius 2 is 2.11 bits per heavy atom. The van der Waals surface area contributed by atoms with Crippen LogP contribution in [0.4, 0.5) is 5.00 Å². The van der Waals surface area contributed by atoms with Crippen molar-refractivity contribution in [1.82, 2.24) is 4.98 Å². The van der Waals surface area contributed by atoms with Gasteiger partial charge in [0.2, 0.25) is 5.89 Å². The molecule has 1 aliphatic carbocycles. The maximum absolute atomic E-state index is 6.12. The van der Waals surface area contributed by atoms with Gasteiger partial charge in [0.1, 0.15) is 5.52 Å². The highest BCUT2D eigenvalue weighted by molar-refractivity contribution is 7.16. The van der Waals surface area contributed by atoms with E-state index in [9.17, 15) is 0 Å². The van der Waals surface area contributed by atoms with Gasteiger partial charge in [-0.2, -0.15) is 0 Å². The van der Waals surface area contributed by atoms with Crippen LogP contribution in [-0.4, -0.2) is 4.98 Å². The van der Waals surface area contributed by atoms with E-state index < -0.39 is 0 Å². The molecule has 18 heavy (non-hydrogen) atoms. The number of aryl methyl sites for hydroxylation is 1. The fourth-order valence-electron chi connectivity index (χ4n) is 2.64. The van der Waals surface area contributed by atoms with Gasteiger partial charge < -0.3 is 10.2 Å². The molecule has 0 saturated heterocycles. The van der Waals surface area contributed by atoms with E-state index >= 15 is 0 Å². The number of rotatable bonds is 1. The predicted molar refractivity (Wildman–Crippen MR) is 73.8 cm³/mol. The van der Waals surface area contributed by atoms with Crippen molar-refractivity contribution in [3.8, 4) is 11.5 Å². The molecule has 0 bridgehead atoms. The number of hydrogen-bond donors (Lipinski definition) is 1. The monoisotopic (exact) mass is 256 g/mol. The molecule has 0 amide bonds. The van der Waals surface area contributed by atoms with Crippen LogP contribution < -0.4 is 5.73 Å². The van der Waals surface area contributed by atoms with Crippen LogP contribution >= 0.6 is 11.3 Å². The van der Waals surface area contributed by atoms with E-state index in [4.69, 9.17) is 10.2 Å². The summed E-state index contributed by atoms with van der Waals surface area (Å²) in [5.41, 5.74) is 10.2. The van der Waals surface area contributed by atoms with Gasteiger partial charge in [-0.1, -0.05) is 12.1 Å². The fourth-order valence-corrected chi connectivity index (χ4v) is 3.79. The normalized spacial score (nSPS) is 14.2. The zero-order valence-electron chi connectivity index (χ0n) is 9.77. The molecule has 0 unspecified atom stereocenters. The van der Waals surface area contributed by atoms with Crippen LogP contribution in [0.2, 0.25) is 0 Å². The first kappa shape index (κ1) is 10.1. The minimum Gasteiger partial charge on any atom is -0.436 e. The minimum atomic E-state index is 0.674. The SMILES string of the molecule is Nc1sc2c(c1-c1nc3ccccc3o1)CCC2. The van der Waals surface area contributed by atoms with Gasteiger partial charge >= 0.3 is 0 Å². The summed E-state index contributed by atoms with van der Waals surface area (Å²) >= 11 is 1.69. The zero-order valence-corrected chi connectivity index (χ0v) is 10.6. The number of benzene rings is 1. The van der Waals surface area contributed by atoms with E-state index in [1.165, 1.54) is 16.9 Å². The highest BCUT2D eigenvalue weighted by Crippen LogP contribution is 2.43. The number of oxazole rings is 1. The van der Waals surface area contributed by atoms with Gasteiger partial charge in [-0.15, -0.1) is 11.3 Å². The van der Waals surface area contributed by atoms with Crippen LogP contribution in [0.5, 0.6) is 0 Å². The number of nitrogen functional groups attached to an aromatic ring is 1. The summed E-state index contributed by atoms with van der Waals surface area (Å²) in [6, 6.07) is 7.83. The van der Waals surface area contributed by atoms with Crippen LogP contribution in [0.1, 0.15) is 16.9 Å². The van der Waals surface area contributed by atoms with Crippen molar-refractivity contribution < 1.29 is 4.42 Å². The number of aromatic nitrogens is 1. The van der Waals surface area contributed by atoms with Crippen molar-refractivity contribution >= 4 is 27.4 Å². The molecular formula is C14H12N2OS. The molecule has 3 nitrogen and oxygen atoms in total. The van der Waals surface area contributed by atoms with Crippen LogP contribution in [0.3, 0.4) is 0 Å². The second-order valence-electron chi connectivity index (χ2n) is 4.58. The van der Waals surface area contributed by atoms with Gasteiger partial charge in [-0.25, -0.2) is 4.98 Å². The van der Waals surface area contributed by atoms with E-state index in [1.54, 1.807) is 11.3 Å². The average molecular weight is 256 g/mol. The second-order valence-corrected chi connectivity index (χ2v) is 5.72. The Balaban J connectivity index is 1.97. The van der Waals surface area contributed by atoms with E-state index in [0.29, 0.717) is 5.89 Å². The Morgan fingerprint density at radius 1 is 1.22 bits per heavy atom. The molecule has 0 radical (unpaired) electrons. The second kappa shape index (κ2) is 3.59. The van der Waals surface area contributed by atoms with Crippen molar-refractivity contribution in [2.75, 3.05) is 5.73 Å².